The second kappa shape index (κ2) is 6.95. The van der Waals surface area contributed by atoms with Crippen LogP contribution in [-0.2, 0) is 15.3 Å². The molecule has 0 radical (unpaired) electrons. The van der Waals surface area contributed by atoms with E-state index in [2.05, 4.69) is 15.4 Å². The van der Waals surface area contributed by atoms with Crippen LogP contribution in [-0.4, -0.2) is 58.7 Å². The maximum Gasteiger partial charge on any atom is 0.323 e. The van der Waals surface area contributed by atoms with Gasteiger partial charge in [0.1, 0.15) is 5.82 Å². The van der Waals surface area contributed by atoms with E-state index in [0.717, 1.165) is 5.69 Å². The molecule has 8 nitrogen and oxygen atoms in total. The third kappa shape index (κ3) is 4.29. The van der Waals surface area contributed by atoms with Crippen molar-refractivity contribution >= 4 is 21.7 Å². The van der Waals surface area contributed by atoms with Crippen molar-refractivity contribution < 1.29 is 13.2 Å². The SMILES string of the molecule is CN(C(=O)Nc1cc(C(C)(C)C)nn1-c1ccccn1)C1CCS(=O)(=O)C1. The minimum atomic E-state index is -3.06. The standard InChI is InChI=1S/C18H25N5O3S/c1-18(2,3)14-11-16(23(21-14)15-7-5-6-9-19-15)20-17(24)22(4)13-8-10-27(25,26)12-13/h5-7,9,11,13H,8,10,12H2,1-4H3,(H,20,24). The number of hydrogen-bond acceptors (Lipinski definition) is 5. The van der Waals surface area contributed by atoms with Gasteiger partial charge < -0.3 is 4.90 Å². The maximum absolute atomic E-state index is 12.7. The summed E-state index contributed by atoms with van der Waals surface area (Å²) >= 11 is 0. The van der Waals surface area contributed by atoms with Crippen molar-refractivity contribution in [2.24, 2.45) is 0 Å². The molecule has 9 heteroatoms. The van der Waals surface area contributed by atoms with Gasteiger partial charge in [-0.15, -0.1) is 0 Å². The first-order valence-electron chi connectivity index (χ1n) is 8.83. The molecule has 2 aromatic heterocycles. The van der Waals surface area contributed by atoms with Crippen molar-refractivity contribution in [1.82, 2.24) is 19.7 Å². The van der Waals surface area contributed by atoms with Crippen molar-refractivity contribution in [1.29, 1.82) is 0 Å². The summed E-state index contributed by atoms with van der Waals surface area (Å²) in [4.78, 5) is 18.5. The predicted molar refractivity (Wildman–Crippen MR) is 104 cm³/mol. The van der Waals surface area contributed by atoms with Crippen LogP contribution in [0, 0.1) is 0 Å². The van der Waals surface area contributed by atoms with E-state index >= 15 is 0 Å². The average Bonchev–Trinajstić information content (AvgIpc) is 3.18. The molecule has 1 N–H and O–H groups in total. The first-order chi connectivity index (χ1) is 12.6. The van der Waals surface area contributed by atoms with E-state index in [-0.39, 0.29) is 29.0 Å². The molecule has 1 aliphatic rings. The van der Waals surface area contributed by atoms with E-state index in [0.29, 0.717) is 18.1 Å². The summed E-state index contributed by atoms with van der Waals surface area (Å²) < 4.78 is 25.0. The number of anilines is 1. The Balaban J connectivity index is 1.87. The highest BCUT2D eigenvalue weighted by Crippen LogP contribution is 2.26. The van der Waals surface area contributed by atoms with Crippen LogP contribution in [0.1, 0.15) is 32.9 Å². The fourth-order valence-corrected chi connectivity index (χ4v) is 4.71. The van der Waals surface area contributed by atoms with Gasteiger partial charge in [-0.05, 0) is 18.6 Å². The largest absolute Gasteiger partial charge is 0.324 e. The van der Waals surface area contributed by atoms with E-state index < -0.39 is 9.84 Å². The summed E-state index contributed by atoms with van der Waals surface area (Å²) in [6.45, 7) is 6.12. The Kier molecular flexibility index (Phi) is 4.98. The molecule has 0 aliphatic carbocycles. The molecule has 2 amide bonds. The maximum atomic E-state index is 12.7. The fourth-order valence-electron chi connectivity index (χ4n) is 2.93. The summed E-state index contributed by atoms with van der Waals surface area (Å²) in [5, 5.41) is 7.47. The van der Waals surface area contributed by atoms with Crippen molar-refractivity contribution in [2.45, 2.75) is 38.6 Å². The monoisotopic (exact) mass is 391 g/mol. The molecule has 0 aromatic carbocycles. The number of carbonyl (C=O) groups excluding carboxylic acids is 1. The molecule has 27 heavy (non-hydrogen) atoms. The van der Waals surface area contributed by atoms with Gasteiger partial charge in [0.2, 0.25) is 0 Å². The molecule has 3 rings (SSSR count). The van der Waals surface area contributed by atoms with E-state index in [1.54, 1.807) is 17.9 Å². The highest BCUT2D eigenvalue weighted by atomic mass is 32.2. The van der Waals surface area contributed by atoms with Gasteiger partial charge in [0, 0.05) is 30.8 Å². The quantitative estimate of drug-likeness (QED) is 0.865. The fraction of sp³-hybridized carbons (Fsp3) is 0.500. The molecule has 1 aliphatic heterocycles. The molecular formula is C18H25N5O3S. The average molecular weight is 391 g/mol. The zero-order valence-electron chi connectivity index (χ0n) is 16.0. The molecule has 0 saturated carbocycles. The molecule has 0 bridgehead atoms. The summed E-state index contributed by atoms with van der Waals surface area (Å²) in [5.74, 6) is 1.21. The number of amides is 2. The van der Waals surface area contributed by atoms with E-state index in [4.69, 9.17) is 0 Å². The van der Waals surface area contributed by atoms with Gasteiger partial charge in [-0.1, -0.05) is 26.8 Å². The summed E-state index contributed by atoms with van der Waals surface area (Å²) in [7, 11) is -1.44. The first-order valence-corrected chi connectivity index (χ1v) is 10.7. The predicted octanol–water partition coefficient (Wildman–Crippen LogP) is 2.22. The Morgan fingerprint density at radius 2 is 2.07 bits per heavy atom. The lowest BCUT2D eigenvalue weighted by atomic mass is 9.92. The van der Waals surface area contributed by atoms with E-state index in [9.17, 15) is 13.2 Å². The van der Waals surface area contributed by atoms with E-state index in [1.807, 2.05) is 45.0 Å². The molecule has 2 aromatic rings. The highest BCUT2D eigenvalue weighted by molar-refractivity contribution is 7.91. The number of urea groups is 1. The third-order valence-corrected chi connectivity index (χ3v) is 6.41. The second-order valence-electron chi connectivity index (χ2n) is 7.86. The normalized spacial score (nSPS) is 19.0. The molecule has 1 saturated heterocycles. The van der Waals surface area contributed by atoms with Gasteiger partial charge in [-0.2, -0.15) is 9.78 Å². The van der Waals surface area contributed by atoms with Crippen LogP contribution in [0.15, 0.2) is 30.5 Å². The van der Waals surface area contributed by atoms with Gasteiger partial charge in [0.25, 0.3) is 0 Å². The number of sulfone groups is 1. The van der Waals surface area contributed by atoms with Crippen LogP contribution < -0.4 is 5.32 Å². The van der Waals surface area contributed by atoms with Crippen LogP contribution in [0.25, 0.3) is 5.82 Å². The highest BCUT2D eigenvalue weighted by Gasteiger charge is 2.33. The molecule has 1 atom stereocenters. The number of aromatic nitrogens is 3. The smallest absolute Gasteiger partial charge is 0.323 e. The summed E-state index contributed by atoms with van der Waals surface area (Å²) in [6.07, 6.45) is 2.12. The summed E-state index contributed by atoms with van der Waals surface area (Å²) in [6, 6.07) is 6.61. The number of nitrogens with one attached hydrogen (secondary N) is 1. The van der Waals surface area contributed by atoms with Gasteiger partial charge in [0.05, 0.1) is 17.2 Å². The van der Waals surface area contributed by atoms with Crippen molar-refractivity contribution in [2.75, 3.05) is 23.9 Å². The Morgan fingerprint density at radius 1 is 1.33 bits per heavy atom. The third-order valence-electron chi connectivity index (χ3n) is 4.66. The molecule has 146 valence electrons. The summed E-state index contributed by atoms with van der Waals surface area (Å²) in [5.41, 5.74) is 0.611. The second-order valence-corrected chi connectivity index (χ2v) is 10.1. The van der Waals surface area contributed by atoms with Crippen molar-refractivity contribution in [3.8, 4) is 5.82 Å². The minimum absolute atomic E-state index is 0.00363. The topological polar surface area (TPSA) is 97.2 Å². The number of nitrogens with zero attached hydrogens (tertiary/aromatic N) is 4. The van der Waals surface area contributed by atoms with Crippen molar-refractivity contribution in [3.05, 3.63) is 36.2 Å². The lowest BCUT2D eigenvalue weighted by Gasteiger charge is -2.23. The van der Waals surface area contributed by atoms with Crippen molar-refractivity contribution in [3.63, 3.8) is 0 Å². The van der Waals surface area contributed by atoms with Crippen LogP contribution in [0.2, 0.25) is 0 Å². The zero-order valence-corrected chi connectivity index (χ0v) is 16.8. The van der Waals surface area contributed by atoms with Gasteiger partial charge >= 0.3 is 6.03 Å². The van der Waals surface area contributed by atoms with Crippen LogP contribution >= 0.6 is 0 Å². The molecule has 1 unspecified atom stereocenters. The Bertz CT molecular complexity index is 932. The Morgan fingerprint density at radius 3 is 2.63 bits per heavy atom. The number of hydrogen-bond donors (Lipinski definition) is 1. The minimum Gasteiger partial charge on any atom is -0.324 e. The Hall–Kier alpha value is -2.42. The number of carbonyl (C=O) groups is 1. The first kappa shape index (κ1) is 19.3. The molecule has 3 heterocycles. The Labute approximate surface area is 159 Å². The lowest BCUT2D eigenvalue weighted by Crippen LogP contribution is -2.40. The lowest BCUT2D eigenvalue weighted by molar-refractivity contribution is 0.209. The van der Waals surface area contributed by atoms with Gasteiger partial charge in [0.15, 0.2) is 15.7 Å². The van der Waals surface area contributed by atoms with Crippen LogP contribution in [0.4, 0.5) is 10.6 Å². The number of pyridine rings is 1. The zero-order chi connectivity index (χ0) is 19.8. The molecule has 1 fully saturated rings. The van der Waals surface area contributed by atoms with Gasteiger partial charge in [-0.25, -0.2) is 18.2 Å². The molecular weight excluding hydrogens is 366 g/mol. The van der Waals surface area contributed by atoms with E-state index in [1.165, 1.54) is 4.90 Å². The van der Waals surface area contributed by atoms with Crippen LogP contribution in [0.5, 0.6) is 0 Å². The van der Waals surface area contributed by atoms with Crippen LogP contribution in [0.3, 0.4) is 0 Å². The molecule has 0 spiro atoms. The number of rotatable bonds is 3. The van der Waals surface area contributed by atoms with Gasteiger partial charge in [-0.3, -0.25) is 5.32 Å².